The number of para-hydroxylation sites is 1. The SMILES string of the molecule is CC(C)(C)c1ccccc1-c1ccnc(-n2c3ccc(-c4ccccc4)cc3c3ccc(Oc4cccc(-c5nncn5-c5ccccc5-c5ccccc5)c4)cc32)c1. The molecule has 10 aromatic rings. The molecule has 0 spiro atoms. The van der Waals surface area contributed by atoms with E-state index in [-0.39, 0.29) is 5.41 Å². The van der Waals surface area contributed by atoms with Crippen LogP contribution in [-0.2, 0) is 5.41 Å². The fourth-order valence-electron chi connectivity index (χ4n) is 8.21. The summed E-state index contributed by atoms with van der Waals surface area (Å²) in [6.45, 7) is 6.79. The van der Waals surface area contributed by atoms with Crippen molar-refractivity contribution in [1.82, 2.24) is 24.3 Å². The molecule has 3 heterocycles. The van der Waals surface area contributed by atoms with Crippen LogP contribution in [-0.4, -0.2) is 24.3 Å². The second-order valence-electron chi connectivity index (χ2n) is 15.8. The summed E-state index contributed by atoms with van der Waals surface area (Å²) >= 11 is 0. The van der Waals surface area contributed by atoms with Crippen molar-refractivity contribution in [3.05, 3.63) is 200 Å². The van der Waals surface area contributed by atoms with E-state index in [2.05, 4.69) is 181 Å². The molecule has 0 aliphatic carbocycles. The van der Waals surface area contributed by atoms with Crippen LogP contribution in [0.5, 0.6) is 11.5 Å². The molecule has 0 N–H and O–H groups in total. The molecule has 59 heavy (non-hydrogen) atoms. The third kappa shape index (κ3) is 6.74. The molecule has 0 aliphatic heterocycles. The molecule has 0 bridgehead atoms. The fraction of sp³-hybridized carbons (Fsp3) is 0.0755. The lowest BCUT2D eigenvalue weighted by Crippen LogP contribution is -2.12. The van der Waals surface area contributed by atoms with E-state index in [4.69, 9.17) is 9.72 Å². The summed E-state index contributed by atoms with van der Waals surface area (Å²) in [6.07, 6.45) is 3.69. The van der Waals surface area contributed by atoms with Gasteiger partial charge < -0.3 is 4.74 Å². The van der Waals surface area contributed by atoms with Crippen LogP contribution in [0.4, 0.5) is 0 Å². The van der Waals surface area contributed by atoms with Crippen LogP contribution in [0, 0.1) is 0 Å². The molecule has 0 saturated heterocycles. The van der Waals surface area contributed by atoms with Gasteiger partial charge in [-0.05, 0) is 93.4 Å². The van der Waals surface area contributed by atoms with Gasteiger partial charge in [0.05, 0.1) is 16.7 Å². The average Bonchev–Trinajstić information content (AvgIpc) is 3.90. The van der Waals surface area contributed by atoms with E-state index in [0.29, 0.717) is 11.5 Å². The van der Waals surface area contributed by atoms with Gasteiger partial charge in [-0.15, -0.1) is 10.2 Å². The van der Waals surface area contributed by atoms with Crippen molar-refractivity contribution in [3.8, 4) is 67.8 Å². The van der Waals surface area contributed by atoms with Gasteiger partial charge in [-0.3, -0.25) is 9.13 Å². The van der Waals surface area contributed by atoms with E-state index in [9.17, 15) is 0 Å². The molecule has 3 aromatic heterocycles. The van der Waals surface area contributed by atoms with Crippen LogP contribution in [0.2, 0.25) is 0 Å². The minimum Gasteiger partial charge on any atom is -0.457 e. The number of aromatic nitrogens is 5. The summed E-state index contributed by atoms with van der Waals surface area (Å²) < 4.78 is 11.0. The smallest absolute Gasteiger partial charge is 0.168 e. The summed E-state index contributed by atoms with van der Waals surface area (Å²) in [4.78, 5) is 5.00. The molecule has 0 radical (unpaired) electrons. The zero-order chi connectivity index (χ0) is 39.9. The van der Waals surface area contributed by atoms with Crippen molar-refractivity contribution >= 4 is 21.8 Å². The summed E-state index contributed by atoms with van der Waals surface area (Å²) in [5.41, 5.74) is 12.1. The third-order valence-corrected chi connectivity index (χ3v) is 11.0. The van der Waals surface area contributed by atoms with E-state index < -0.39 is 0 Å². The van der Waals surface area contributed by atoms with Crippen molar-refractivity contribution in [2.45, 2.75) is 26.2 Å². The van der Waals surface area contributed by atoms with Crippen LogP contribution in [0.25, 0.3) is 78.1 Å². The maximum Gasteiger partial charge on any atom is 0.168 e. The topological polar surface area (TPSA) is 57.8 Å². The number of benzene rings is 7. The average molecular weight is 764 g/mol. The summed E-state index contributed by atoms with van der Waals surface area (Å²) in [5.74, 6) is 2.98. The molecule has 0 unspecified atom stereocenters. The largest absolute Gasteiger partial charge is 0.457 e. The second kappa shape index (κ2) is 14.7. The first-order chi connectivity index (χ1) is 28.9. The highest BCUT2D eigenvalue weighted by Crippen LogP contribution is 2.39. The Hall–Kier alpha value is -7.57. The maximum atomic E-state index is 6.70. The maximum absolute atomic E-state index is 6.70. The number of hydrogen-bond acceptors (Lipinski definition) is 4. The molecular formula is C53H41N5O. The van der Waals surface area contributed by atoms with Gasteiger partial charge in [-0.2, -0.15) is 0 Å². The monoisotopic (exact) mass is 763 g/mol. The highest BCUT2D eigenvalue weighted by Gasteiger charge is 2.21. The Kier molecular flexibility index (Phi) is 8.95. The summed E-state index contributed by atoms with van der Waals surface area (Å²) in [6, 6.07) is 63.3. The summed E-state index contributed by atoms with van der Waals surface area (Å²) in [7, 11) is 0. The Bertz CT molecular complexity index is 3120. The minimum absolute atomic E-state index is 0.0213. The van der Waals surface area contributed by atoms with Crippen LogP contribution >= 0.6 is 0 Å². The van der Waals surface area contributed by atoms with E-state index in [0.717, 1.165) is 67.0 Å². The molecule has 0 atom stereocenters. The van der Waals surface area contributed by atoms with Crippen molar-refractivity contribution < 1.29 is 4.74 Å². The van der Waals surface area contributed by atoms with Gasteiger partial charge in [-0.25, -0.2) is 4.98 Å². The predicted molar refractivity (Wildman–Crippen MR) is 240 cm³/mol. The number of fused-ring (bicyclic) bond motifs is 3. The van der Waals surface area contributed by atoms with Crippen LogP contribution in [0.15, 0.2) is 195 Å². The van der Waals surface area contributed by atoms with Gasteiger partial charge in [0, 0.05) is 34.2 Å². The van der Waals surface area contributed by atoms with Crippen LogP contribution < -0.4 is 4.74 Å². The molecule has 7 aromatic carbocycles. The Labute approximate surface area is 343 Å². The first-order valence-corrected chi connectivity index (χ1v) is 19.9. The molecule has 0 fully saturated rings. The van der Waals surface area contributed by atoms with Gasteiger partial charge in [0.2, 0.25) is 0 Å². The first-order valence-electron chi connectivity index (χ1n) is 19.9. The Morgan fingerprint density at radius 3 is 2.02 bits per heavy atom. The lowest BCUT2D eigenvalue weighted by atomic mass is 9.82. The van der Waals surface area contributed by atoms with Gasteiger partial charge >= 0.3 is 0 Å². The number of pyridine rings is 1. The van der Waals surface area contributed by atoms with Gasteiger partial charge in [0.25, 0.3) is 0 Å². The molecule has 6 nitrogen and oxygen atoms in total. The predicted octanol–water partition coefficient (Wildman–Crippen LogP) is 13.5. The highest BCUT2D eigenvalue weighted by atomic mass is 16.5. The standard InChI is InChI=1S/C53H41N5O/c1-53(2,3)47-23-12-10-21-43(47)39-29-30-54-51(33-39)58-49-28-25-38(36-15-6-4-7-16-36)32-46(49)45-27-26-42(34-50(45)58)59-41-20-14-19-40(31-41)52-56-55-35-57(52)48-24-13-11-22-44(48)37-17-8-5-9-18-37/h4-35H,1-3H3. The number of rotatable bonds is 8. The van der Waals surface area contributed by atoms with Crippen molar-refractivity contribution in [3.63, 3.8) is 0 Å². The Morgan fingerprint density at radius 1 is 0.492 bits per heavy atom. The van der Waals surface area contributed by atoms with Crippen molar-refractivity contribution in [1.29, 1.82) is 0 Å². The van der Waals surface area contributed by atoms with E-state index in [1.54, 1.807) is 6.33 Å². The summed E-state index contributed by atoms with van der Waals surface area (Å²) in [5, 5.41) is 11.2. The van der Waals surface area contributed by atoms with Crippen LogP contribution in [0.3, 0.4) is 0 Å². The Morgan fingerprint density at radius 2 is 1.20 bits per heavy atom. The molecule has 0 saturated carbocycles. The number of hydrogen-bond donors (Lipinski definition) is 0. The fourth-order valence-corrected chi connectivity index (χ4v) is 8.21. The molecular weight excluding hydrogens is 723 g/mol. The van der Waals surface area contributed by atoms with Crippen molar-refractivity contribution in [2.24, 2.45) is 0 Å². The zero-order valence-corrected chi connectivity index (χ0v) is 33.1. The Balaban J connectivity index is 1.07. The zero-order valence-electron chi connectivity index (χ0n) is 33.1. The van der Waals surface area contributed by atoms with Crippen LogP contribution in [0.1, 0.15) is 26.3 Å². The molecule has 0 amide bonds. The highest BCUT2D eigenvalue weighted by molar-refractivity contribution is 6.10. The first kappa shape index (κ1) is 35.8. The van der Waals surface area contributed by atoms with E-state index in [1.165, 1.54) is 16.7 Å². The molecule has 284 valence electrons. The van der Waals surface area contributed by atoms with Gasteiger partial charge in [0.15, 0.2) is 5.82 Å². The van der Waals surface area contributed by atoms with E-state index in [1.807, 2.05) is 47.2 Å². The van der Waals surface area contributed by atoms with Gasteiger partial charge in [0.1, 0.15) is 23.6 Å². The minimum atomic E-state index is -0.0213. The third-order valence-electron chi connectivity index (χ3n) is 11.0. The normalized spacial score (nSPS) is 11.6. The molecule has 6 heteroatoms. The van der Waals surface area contributed by atoms with E-state index >= 15 is 0 Å². The quantitative estimate of drug-likeness (QED) is 0.155. The van der Waals surface area contributed by atoms with Gasteiger partial charge in [-0.1, -0.05) is 142 Å². The van der Waals surface area contributed by atoms with Crippen molar-refractivity contribution in [2.75, 3.05) is 0 Å². The lowest BCUT2D eigenvalue weighted by molar-refractivity contribution is 0.483. The molecule has 10 rings (SSSR count). The number of ether oxygens (including phenoxy) is 1. The molecule has 0 aliphatic rings. The second-order valence-corrected chi connectivity index (χ2v) is 15.8. The number of nitrogens with zero attached hydrogens (tertiary/aromatic N) is 5. The lowest BCUT2D eigenvalue weighted by Gasteiger charge is -2.23.